The third kappa shape index (κ3) is 15.2. The lowest BCUT2D eigenvalue weighted by Crippen LogP contribution is -2.07. The molecule has 0 aromatic carbocycles. The molecule has 0 fully saturated rings. The molecule has 0 saturated heterocycles. The van der Waals surface area contributed by atoms with Crippen molar-refractivity contribution in [1.82, 2.24) is 0 Å². The summed E-state index contributed by atoms with van der Waals surface area (Å²) in [5, 5.41) is 8.33. The van der Waals surface area contributed by atoms with Gasteiger partial charge in [0.15, 0.2) is 0 Å². The topological polar surface area (TPSA) is 122 Å². The summed E-state index contributed by atoms with van der Waals surface area (Å²) in [6.07, 6.45) is 3.59. The minimum atomic E-state index is -1.000. The number of hydrogen-bond acceptors (Lipinski definition) is 7. The van der Waals surface area contributed by atoms with Crippen molar-refractivity contribution in [3.63, 3.8) is 0 Å². The summed E-state index contributed by atoms with van der Waals surface area (Å²) in [5.41, 5.74) is 0.478. The Bertz CT molecular complexity index is 453. The fraction of sp³-hybridized carbons (Fsp3) is 0.429. The molecule has 0 radical (unpaired) electrons. The van der Waals surface area contributed by atoms with Crippen molar-refractivity contribution in [3.8, 4) is 0 Å². The van der Waals surface area contributed by atoms with Crippen LogP contribution in [0.25, 0.3) is 0 Å². The minimum absolute atomic E-state index is 0.0981. The van der Waals surface area contributed by atoms with Gasteiger partial charge in [0.2, 0.25) is 12.2 Å². The molecule has 0 spiro atoms. The lowest BCUT2D eigenvalue weighted by atomic mass is 10.2. The number of aliphatic carboxylic acids is 1. The molecular weight excluding hydrogens is 292 g/mol. The van der Waals surface area contributed by atoms with Crippen molar-refractivity contribution < 1.29 is 29.0 Å². The largest absolute Gasteiger partial charge is 0.478 e. The molecule has 0 aromatic rings. The van der Waals surface area contributed by atoms with E-state index in [0.717, 1.165) is 0 Å². The van der Waals surface area contributed by atoms with E-state index in [-0.39, 0.29) is 18.7 Å². The highest BCUT2D eigenvalue weighted by Crippen LogP contribution is 2.01. The summed E-state index contributed by atoms with van der Waals surface area (Å²) >= 11 is 0. The van der Waals surface area contributed by atoms with Crippen molar-refractivity contribution in [2.24, 2.45) is 9.98 Å². The fourth-order valence-electron chi connectivity index (χ4n) is 0.877. The average molecular weight is 310 g/mol. The lowest BCUT2D eigenvalue weighted by Gasteiger charge is -1.99. The molecule has 1 N–H and O–H groups in total. The zero-order valence-corrected chi connectivity index (χ0v) is 12.3. The van der Waals surface area contributed by atoms with Gasteiger partial charge >= 0.3 is 11.9 Å². The number of carboxylic acids is 1. The van der Waals surface area contributed by atoms with Crippen LogP contribution in [-0.4, -0.2) is 48.9 Å². The maximum Gasteiger partial charge on any atom is 0.333 e. The molecule has 0 aromatic heterocycles. The van der Waals surface area contributed by atoms with Gasteiger partial charge in [0.25, 0.3) is 0 Å². The molecular formula is C14H18N2O6. The van der Waals surface area contributed by atoms with Crippen molar-refractivity contribution in [1.29, 1.82) is 0 Å². The van der Waals surface area contributed by atoms with Crippen molar-refractivity contribution in [2.45, 2.75) is 19.8 Å². The SMILES string of the molecule is C=C(C)C(=O)OCCN=C=O.C=C(CCCN=C=O)C(=O)O. The second-order valence-electron chi connectivity index (χ2n) is 3.87. The smallest absolute Gasteiger partial charge is 0.333 e. The maximum atomic E-state index is 10.6. The molecule has 8 nitrogen and oxygen atoms in total. The van der Waals surface area contributed by atoms with Crippen LogP contribution in [0, 0.1) is 0 Å². The van der Waals surface area contributed by atoms with Crippen LogP contribution in [0.3, 0.4) is 0 Å². The van der Waals surface area contributed by atoms with E-state index in [1.807, 2.05) is 0 Å². The summed E-state index contributed by atoms with van der Waals surface area (Å²) in [6, 6.07) is 0. The molecule has 0 rings (SSSR count). The summed E-state index contributed by atoms with van der Waals surface area (Å²) < 4.78 is 4.59. The van der Waals surface area contributed by atoms with E-state index in [2.05, 4.69) is 27.9 Å². The maximum absolute atomic E-state index is 10.6. The molecule has 0 aliphatic rings. The molecule has 0 amide bonds. The second kappa shape index (κ2) is 14.6. The lowest BCUT2D eigenvalue weighted by molar-refractivity contribution is -0.138. The Hall–Kier alpha value is -2.82. The van der Waals surface area contributed by atoms with E-state index in [4.69, 9.17) is 5.11 Å². The zero-order chi connectivity index (χ0) is 17.4. The van der Waals surface area contributed by atoms with Gasteiger partial charge in [-0.2, -0.15) is 0 Å². The van der Waals surface area contributed by atoms with E-state index >= 15 is 0 Å². The van der Waals surface area contributed by atoms with Crippen LogP contribution in [0.2, 0.25) is 0 Å². The van der Waals surface area contributed by atoms with E-state index in [1.54, 1.807) is 6.92 Å². The third-order valence-corrected chi connectivity index (χ3v) is 1.96. The van der Waals surface area contributed by atoms with Gasteiger partial charge < -0.3 is 9.84 Å². The predicted molar refractivity (Wildman–Crippen MR) is 77.8 cm³/mol. The van der Waals surface area contributed by atoms with E-state index in [9.17, 15) is 19.2 Å². The normalized spacial score (nSPS) is 8.23. The number of carbonyl (C=O) groups excluding carboxylic acids is 3. The Balaban J connectivity index is 0. The van der Waals surface area contributed by atoms with Crippen molar-refractivity contribution >= 4 is 24.1 Å². The van der Waals surface area contributed by atoms with Crippen molar-refractivity contribution in [3.05, 3.63) is 24.3 Å². The molecule has 0 aliphatic heterocycles. The van der Waals surface area contributed by atoms with Crippen LogP contribution in [0.5, 0.6) is 0 Å². The van der Waals surface area contributed by atoms with Crippen LogP contribution >= 0.6 is 0 Å². The van der Waals surface area contributed by atoms with Gasteiger partial charge in [0.1, 0.15) is 6.61 Å². The van der Waals surface area contributed by atoms with Crippen LogP contribution in [-0.2, 0) is 23.9 Å². The Morgan fingerprint density at radius 3 is 2.14 bits per heavy atom. The number of ether oxygens (including phenoxy) is 1. The summed E-state index contributed by atoms with van der Waals surface area (Å²) in [6.45, 7) is 8.80. The number of carbonyl (C=O) groups is 2. The third-order valence-electron chi connectivity index (χ3n) is 1.96. The van der Waals surface area contributed by atoms with Crippen LogP contribution in [0.4, 0.5) is 0 Å². The molecule has 0 heterocycles. The van der Waals surface area contributed by atoms with Crippen LogP contribution in [0.15, 0.2) is 34.3 Å². The minimum Gasteiger partial charge on any atom is -0.478 e. The van der Waals surface area contributed by atoms with E-state index in [1.165, 1.54) is 12.2 Å². The monoisotopic (exact) mass is 310 g/mol. The molecule has 120 valence electrons. The van der Waals surface area contributed by atoms with Gasteiger partial charge in [-0.25, -0.2) is 29.2 Å². The fourth-order valence-corrected chi connectivity index (χ4v) is 0.877. The highest BCUT2D eigenvalue weighted by atomic mass is 16.5. The molecule has 0 aliphatic carbocycles. The van der Waals surface area contributed by atoms with Gasteiger partial charge in [-0.1, -0.05) is 13.2 Å². The number of nitrogens with zero attached hydrogens (tertiary/aromatic N) is 2. The highest BCUT2D eigenvalue weighted by Gasteiger charge is 2.01. The number of hydrogen-bond donors (Lipinski definition) is 1. The number of isocyanates is 2. The Morgan fingerprint density at radius 2 is 1.68 bits per heavy atom. The van der Waals surface area contributed by atoms with E-state index in [0.29, 0.717) is 25.0 Å². The second-order valence-corrected chi connectivity index (χ2v) is 3.87. The standard InChI is InChI=1S/2C7H9NO3/c1-6(2)7(10)11-4-3-8-5-9;1-6(7(10)11)3-2-4-8-5-9/h1,3-4H2,2H3;1-4H2,(H,10,11). The van der Waals surface area contributed by atoms with Crippen molar-refractivity contribution in [2.75, 3.05) is 19.7 Å². The van der Waals surface area contributed by atoms with Gasteiger partial charge in [0, 0.05) is 11.1 Å². The first-order chi connectivity index (χ1) is 10.4. The predicted octanol–water partition coefficient (Wildman–Crippen LogP) is 1.18. The number of aliphatic imine (C=N–C) groups is 2. The Morgan fingerprint density at radius 1 is 1.14 bits per heavy atom. The number of rotatable bonds is 9. The molecule has 0 unspecified atom stereocenters. The van der Waals surface area contributed by atoms with Gasteiger partial charge in [-0.15, -0.1) is 0 Å². The molecule has 22 heavy (non-hydrogen) atoms. The summed E-state index contributed by atoms with van der Waals surface area (Å²) in [5.74, 6) is -1.47. The first-order valence-electron chi connectivity index (χ1n) is 6.17. The Labute approximate surface area is 127 Å². The van der Waals surface area contributed by atoms with Gasteiger partial charge in [0.05, 0.1) is 13.1 Å². The molecule has 0 atom stereocenters. The van der Waals surface area contributed by atoms with Crippen LogP contribution < -0.4 is 0 Å². The number of carboxylic acid groups (broad SMARTS) is 1. The van der Waals surface area contributed by atoms with E-state index < -0.39 is 11.9 Å². The molecule has 0 bridgehead atoms. The van der Waals surface area contributed by atoms with Gasteiger partial charge in [-0.05, 0) is 19.8 Å². The molecule has 8 heteroatoms. The first kappa shape index (κ1) is 21.5. The number of esters is 1. The molecule has 0 saturated carbocycles. The van der Waals surface area contributed by atoms with Crippen LogP contribution in [0.1, 0.15) is 19.8 Å². The summed E-state index contributed by atoms with van der Waals surface area (Å²) in [4.78, 5) is 46.3. The summed E-state index contributed by atoms with van der Waals surface area (Å²) in [7, 11) is 0. The quantitative estimate of drug-likeness (QED) is 0.224. The average Bonchev–Trinajstić information content (AvgIpc) is 2.48. The highest BCUT2D eigenvalue weighted by molar-refractivity contribution is 5.87. The Kier molecular flexibility index (Phi) is 14.2. The zero-order valence-electron chi connectivity index (χ0n) is 12.3. The van der Waals surface area contributed by atoms with Gasteiger partial charge in [-0.3, -0.25) is 0 Å². The first-order valence-corrected chi connectivity index (χ1v) is 6.17.